The van der Waals surface area contributed by atoms with Gasteiger partial charge in [-0.15, -0.1) is 0 Å². The Bertz CT molecular complexity index is 964. The summed E-state index contributed by atoms with van der Waals surface area (Å²) >= 11 is 0. The quantitative estimate of drug-likeness (QED) is 0.531. The normalized spacial score (nSPS) is 11.0. The van der Waals surface area contributed by atoms with E-state index in [1.54, 1.807) is 24.4 Å². The SMILES string of the molecule is C/C=C\COC(=O)c1c2ccccc2n2cc(OCC#N)ccc12. The van der Waals surface area contributed by atoms with E-state index in [1.165, 1.54) is 0 Å². The van der Waals surface area contributed by atoms with Crippen LogP contribution in [0.2, 0.25) is 0 Å². The summed E-state index contributed by atoms with van der Waals surface area (Å²) in [5, 5.41) is 9.46. The zero-order chi connectivity index (χ0) is 16.9. The van der Waals surface area contributed by atoms with Crippen molar-refractivity contribution in [2.75, 3.05) is 13.2 Å². The molecule has 0 radical (unpaired) electrons. The van der Waals surface area contributed by atoms with E-state index in [0.29, 0.717) is 11.3 Å². The number of carbonyl (C=O) groups is 1. The lowest BCUT2D eigenvalue weighted by molar-refractivity contribution is 0.0554. The minimum atomic E-state index is -0.363. The average Bonchev–Trinajstić information content (AvgIpc) is 2.94. The molecule has 0 saturated heterocycles. The Labute approximate surface area is 139 Å². The van der Waals surface area contributed by atoms with E-state index in [1.807, 2.05) is 47.7 Å². The molecule has 0 aliphatic heterocycles. The summed E-state index contributed by atoms with van der Waals surface area (Å²) in [7, 11) is 0. The van der Waals surface area contributed by atoms with E-state index in [9.17, 15) is 4.79 Å². The molecule has 3 rings (SSSR count). The van der Waals surface area contributed by atoms with Crippen molar-refractivity contribution in [2.24, 2.45) is 0 Å². The highest BCUT2D eigenvalue weighted by Crippen LogP contribution is 2.29. The highest BCUT2D eigenvalue weighted by atomic mass is 16.5. The van der Waals surface area contributed by atoms with E-state index in [4.69, 9.17) is 14.7 Å². The van der Waals surface area contributed by atoms with Gasteiger partial charge in [-0.25, -0.2) is 4.79 Å². The lowest BCUT2D eigenvalue weighted by Gasteiger charge is -2.04. The molecule has 0 saturated carbocycles. The molecule has 0 N–H and O–H groups in total. The molecule has 0 aliphatic rings. The number of allylic oxidation sites excluding steroid dienone is 1. The third-order valence-electron chi connectivity index (χ3n) is 3.66. The highest BCUT2D eigenvalue weighted by molar-refractivity contribution is 6.11. The van der Waals surface area contributed by atoms with E-state index in [-0.39, 0.29) is 19.2 Å². The van der Waals surface area contributed by atoms with Crippen molar-refractivity contribution < 1.29 is 14.3 Å². The Hall–Kier alpha value is -3.26. The fourth-order valence-electron chi connectivity index (χ4n) is 2.63. The summed E-state index contributed by atoms with van der Waals surface area (Å²) in [6.45, 7) is 2.09. The predicted molar refractivity (Wildman–Crippen MR) is 91.1 cm³/mol. The molecule has 0 aliphatic carbocycles. The molecule has 120 valence electrons. The van der Waals surface area contributed by atoms with Crippen molar-refractivity contribution in [2.45, 2.75) is 6.92 Å². The monoisotopic (exact) mass is 320 g/mol. The van der Waals surface area contributed by atoms with Crippen LogP contribution in [0.4, 0.5) is 0 Å². The number of hydrogen-bond donors (Lipinski definition) is 0. The Morgan fingerprint density at radius 1 is 1.25 bits per heavy atom. The zero-order valence-corrected chi connectivity index (χ0v) is 13.2. The molecule has 5 heteroatoms. The standard InChI is InChI=1S/C19H16N2O3/c1-2-3-11-24-19(22)18-15-6-4-5-7-16(15)21-13-14(23-12-10-20)8-9-17(18)21/h2-9,13H,11-12H2,1H3/b3-2-. The van der Waals surface area contributed by atoms with E-state index in [0.717, 1.165) is 16.4 Å². The molecule has 0 spiro atoms. The molecule has 3 aromatic rings. The number of nitriles is 1. The number of para-hydroxylation sites is 1. The van der Waals surface area contributed by atoms with Gasteiger partial charge >= 0.3 is 5.97 Å². The van der Waals surface area contributed by atoms with Crippen LogP contribution in [0.3, 0.4) is 0 Å². The number of fused-ring (bicyclic) bond motifs is 3. The predicted octanol–water partition coefficient (Wildman–Crippen LogP) is 3.73. The number of carbonyl (C=O) groups excluding carboxylic acids is 1. The number of pyridine rings is 1. The zero-order valence-electron chi connectivity index (χ0n) is 13.2. The maximum absolute atomic E-state index is 12.5. The molecule has 1 aromatic carbocycles. The molecule has 2 heterocycles. The van der Waals surface area contributed by atoms with Crippen LogP contribution in [0.25, 0.3) is 16.4 Å². The summed E-state index contributed by atoms with van der Waals surface area (Å²) in [5.41, 5.74) is 2.15. The van der Waals surface area contributed by atoms with Gasteiger partial charge in [-0.1, -0.05) is 30.4 Å². The molecular weight excluding hydrogens is 304 g/mol. The number of ether oxygens (including phenoxy) is 2. The fraction of sp³-hybridized carbons (Fsp3) is 0.158. The maximum atomic E-state index is 12.5. The van der Waals surface area contributed by atoms with Crippen LogP contribution in [0.15, 0.2) is 54.7 Å². The Morgan fingerprint density at radius 3 is 2.88 bits per heavy atom. The lowest BCUT2D eigenvalue weighted by Crippen LogP contribution is -2.05. The summed E-state index contributed by atoms with van der Waals surface area (Å²) in [6, 6.07) is 13.1. The minimum Gasteiger partial charge on any atom is -0.477 e. The first-order valence-corrected chi connectivity index (χ1v) is 7.57. The molecule has 0 unspecified atom stereocenters. The molecule has 2 aromatic heterocycles. The number of nitrogens with zero attached hydrogens (tertiary/aromatic N) is 2. The van der Waals surface area contributed by atoms with E-state index in [2.05, 4.69) is 0 Å². The Kier molecular flexibility index (Phi) is 4.48. The fourth-order valence-corrected chi connectivity index (χ4v) is 2.63. The van der Waals surface area contributed by atoms with Gasteiger partial charge in [0.2, 0.25) is 0 Å². The number of rotatable bonds is 5. The summed E-state index contributed by atoms with van der Waals surface area (Å²) in [4.78, 5) is 12.5. The van der Waals surface area contributed by atoms with Gasteiger partial charge in [-0.3, -0.25) is 0 Å². The van der Waals surface area contributed by atoms with Crippen molar-refractivity contribution in [1.82, 2.24) is 4.40 Å². The second-order valence-corrected chi connectivity index (χ2v) is 5.13. The number of hydrogen-bond acceptors (Lipinski definition) is 4. The lowest BCUT2D eigenvalue weighted by atomic mass is 10.1. The third kappa shape index (κ3) is 2.82. The Morgan fingerprint density at radius 2 is 2.08 bits per heavy atom. The first kappa shape index (κ1) is 15.6. The molecule has 0 amide bonds. The van der Waals surface area contributed by atoms with Crippen LogP contribution in [-0.4, -0.2) is 23.6 Å². The van der Waals surface area contributed by atoms with Gasteiger partial charge in [0.25, 0.3) is 0 Å². The molecule has 0 bridgehead atoms. The Balaban J connectivity index is 2.13. The van der Waals surface area contributed by atoms with E-state index < -0.39 is 0 Å². The molecule has 24 heavy (non-hydrogen) atoms. The van der Waals surface area contributed by atoms with Crippen molar-refractivity contribution in [3.05, 3.63) is 60.3 Å². The van der Waals surface area contributed by atoms with Gasteiger partial charge in [-0.2, -0.15) is 5.26 Å². The van der Waals surface area contributed by atoms with Crippen molar-refractivity contribution in [3.63, 3.8) is 0 Å². The second kappa shape index (κ2) is 6.88. The van der Waals surface area contributed by atoms with Crippen molar-refractivity contribution >= 4 is 22.4 Å². The smallest absolute Gasteiger partial charge is 0.341 e. The van der Waals surface area contributed by atoms with Gasteiger partial charge in [-0.05, 0) is 25.1 Å². The van der Waals surface area contributed by atoms with Gasteiger partial charge < -0.3 is 13.9 Å². The summed E-state index contributed by atoms with van der Waals surface area (Å²) in [6.07, 6.45) is 5.39. The maximum Gasteiger partial charge on any atom is 0.341 e. The van der Waals surface area contributed by atoms with Gasteiger partial charge in [0.05, 0.1) is 22.8 Å². The van der Waals surface area contributed by atoms with Gasteiger partial charge in [0, 0.05) is 5.39 Å². The summed E-state index contributed by atoms with van der Waals surface area (Å²) < 4.78 is 12.6. The van der Waals surface area contributed by atoms with Crippen LogP contribution in [0.5, 0.6) is 5.75 Å². The summed E-state index contributed by atoms with van der Waals surface area (Å²) in [5.74, 6) is 0.205. The minimum absolute atomic E-state index is 0.0248. The topological polar surface area (TPSA) is 63.7 Å². The van der Waals surface area contributed by atoms with Gasteiger partial charge in [0.1, 0.15) is 18.4 Å². The molecule has 0 atom stereocenters. The first-order valence-electron chi connectivity index (χ1n) is 7.57. The van der Waals surface area contributed by atoms with Crippen LogP contribution < -0.4 is 4.74 Å². The molecular formula is C19H16N2O3. The third-order valence-corrected chi connectivity index (χ3v) is 3.66. The first-order chi connectivity index (χ1) is 11.8. The van der Waals surface area contributed by atoms with Crippen LogP contribution in [0.1, 0.15) is 17.3 Å². The second-order valence-electron chi connectivity index (χ2n) is 5.13. The highest BCUT2D eigenvalue weighted by Gasteiger charge is 2.19. The van der Waals surface area contributed by atoms with E-state index >= 15 is 0 Å². The van der Waals surface area contributed by atoms with Gasteiger partial charge in [0.15, 0.2) is 6.61 Å². The molecule has 5 nitrogen and oxygen atoms in total. The number of esters is 1. The number of aromatic nitrogens is 1. The van der Waals surface area contributed by atoms with Crippen molar-refractivity contribution in [3.8, 4) is 11.8 Å². The largest absolute Gasteiger partial charge is 0.477 e. The van der Waals surface area contributed by atoms with Crippen LogP contribution in [0, 0.1) is 11.3 Å². The van der Waals surface area contributed by atoms with Crippen molar-refractivity contribution in [1.29, 1.82) is 5.26 Å². The van der Waals surface area contributed by atoms with Crippen LogP contribution in [-0.2, 0) is 4.74 Å². The average molecular weight is 320 g/mol. The van der Waals surface area contributed by atoms with Crippen LogP contribution >= 0.6 is 0 Å². The molecule has 0 fully saturated rings. The number of benzene rings is 1.